The predicted molar refractivity (Wildman–Crippen MR) is 75.6 cm³/mol. The SMILES string of the molecule is CCC(CCN)CNc1ccccc1S(=O)(=O)C(F)F. The molecule has 4 nitrogen and oxygen atoms in total. The van der Waals surface area contributed by atoms with Crippen molar-refractivity contribution in [2.75, 3.05) is 18.4 Å². The molecule has 7 heteroatoms. The van der Waals surface area contributed by atoms with Crippen molar-refractivity contribution in [2.24, 2.45) is 11.7 Å². The van der Waals surface area contributed by atoms with E-state index >= 15 is 0 Å². The Labute approximate surface area is 118 Å². The Balaban J connectivity index is 2.92. The van der Waals surface area contributed by atoms with Crippen LogP contribution in [0.2, 0.25) is 0 Å². The summed E-state index contributed by atoms with van der Waals surface area (Å²) < 4.78 is 48.4. The largest absolute Gasteiger partial charge is 0.384 e. The molecule has 0 amide bonds. The molecule has 0 fully saturated rings. The van der Waals surface area contributed by atoms with Gasteiger partial charge in [-0.1, -0.05) is 25.5 Å². The maximum absolute atomic E-state index is 12.6. The monoisotopic (exact) mass is 306 g/mol. The van der Waals surface area contributed by atoms with Crippen molar-refractivity contribution < 1.29 is 17.2 Å². The molecule has 1 aromatic carbocycles. The number of anilines is 1. The lowest BCUT2D eigenvalue weighted by Crippen LogP contribution is -2.19. The molecule has 0 aromatic heterocycles. The van der Waals surface area contributed by atoms with Crippen molar-refractivity contribution in [1.29, 1.82) is 0 Å². The Morgan fingerprint density at radius 2 is 1.95 bits per heavy atom. The summed E-state index contributed by atoms with van der Waals surface area (Å²) in [5.41, 5.74) is 5.70. The van der Waals surface area contributed by atoms with Gasteiger partial charge >= 0.3 is 5.76 Å². The average Bonchev–Trinajstić information content (AvgIpc) is 2.43. The van der Waals surface area contributed by atoms with E-state index in [0.29, 0.717) is 13.1 Å². The Hall–Kier alpha value is -1.21. The molecule has 0 bridgehead atoms. The highest BCUT2D eigenvalue weighted by Gasteiger charge is 2.28. The molecule has 1 unspecified atom stereocenters. The third kappa shape index (κ3) is 4.14. The highest BCUT2D eigenvalue weighted by molar-refractivity contribution is 7.91. The molecule has 20 heavy (non-hydrogen) atoms. The number of halogens is 2. The molecular formula is C13H20F2N2O2S. The number of hydrogen-bond acceptors (Lipinski definition) is 4. The van der Waals surface area contributed by atoms with Crippen LogP contribution in [0.5, 0.6) is 0 Å². The first-order chi connectivity index (χ1) is 9.43. The zero-order valence-corrected chi connectivity index (χ0v) is 12.2. The number of benzene rings is 1. The number of hydrogen-bond donors (Lipinski definition) is 2. The van der Waals surface area contributed by atoms with Crippen LogP contribution in [0.3, 0.4) is 0 Å². The van der Waals surface area contributed by atoms with Crippen molar-refractivity contribution in [3.8, 4) is 0 Å². The molecule has 0 heterocycles. The van der Waals surface area contributed by atoms with E-state index in [9.17, 15) is 17.2 Å². The summed E-state index contributed by atoms with van der Waals surface area (Å²) in [5.74, 6) is -3.14. The standard InChI is InChI=1S/C13H20F2N2O2S/c1-2-10(7-8-16)9-17-11-5-3-4-6-12(11)20(18,19)13(14)15/h3-6,10,13,17H,2,7-9,16H2,1H3. The first-order valence-electron chi connectivity index (χ1n) is 6.48. The van der Waals surface area contributed by atoms with Crippen LogP contribution < -0.4 is 11.1 Å². The van der Waals surface area contributed by atoms with Crippen LogP contribution in [-0.4, -0.2) is 27.3 Å². The van der Waals surface area contributed by atoms with Crippen LogP contribution in [0, 0.1) is 5.92 Å². The second kappa shape index (κ2) is 7.54. The van der Waals surface area contributed by atoms with Crippen molar-refractivity contribution >= 4 is 15.5 Å². The predicted octanol–water partition coefficient (Wildman–Crippen LogP) is 2.47. The van der Waals surface area contributed by atoms with Crippen molar-refractivity contribution in [1.82, 2.24) is 0 Å². The quantitative estimate of drug-likeness (QED) is 0.774. The normalized spacial score (nSPS) is 13.4. The molecular weight excluding hydrogens is 286 g/mol. The molecule has 0 aliphatic carbocycles. The van der Waals surface area contributed by atoms with Gasteiger partial charge in [-0.05, 0) is 31.0 Å². The number of alkyl halides is 2. The topological polar surface area (TPSA) is 72.2 Å². The minimum absolute atomic E-state index is 0.211. The highest BCUT2D eigenvalue weighted by Crippen LogP contribution is 2.26. The van der Waals surface area contributed by atoms with E-state index in [1.54, 1.807) is 6.07 Å². The van der Waals surface area contributed by atoms with Crippen LogP contribution in [0.1, 0.15) is 19.8 Å². The minimum atomic E-state index is -4.59. The molecule has 0 spiro atoms. The fourth-order valence-corrected chi connectivity index (χ4v) is 2.80. The molecule has 0 aliphatic rings. The lowest BCUT2D eigenvalue weighted by atomic mass is 10.0. The second-order valence-corrected chi connectivity index (χ2v) is 6.42. The summed E-state index contributed by atoms with van der Waals surface area (Å²) in [5, 5.41) is 2.94. The van der Waals surface area contributed by atoms with Gasteiger partial charge in [0, 0.05) is 6.54 Å². The van der Waals surface area contributed by atoms with E-state index in [1.807, 2.05) is 6.92 Å². The zero-order valence-electron chi connectivity index (χ0n) is 11.4. The first kappa shape index (κ1) is 16.8. The fourth-order valence-electron chi connectivity index (χ4n) is 1.90. The van der Waals surface area contributed by atoms with Gasteiger partial charge in [-0.25, -0.2) is 8.42 Å². The molecule has 3 N–H and O–H groups in total. The Morgan fingerprint density at radius 3 is 2.50 bits per heavy atom. The molecule has 0 aliphatic heterocycles. The highest BCUT2D eigenvalue weighted by atomic mass is 32.2. The Bertz CT molecular complexity index is 521. The number of nitrogens with one attached hydrogen (secondary N) is 1. The van der Waals surface area contributed by atoms with Gasteiger partial charge in [0.05, 0.1) is 10.6 Å². The van der Waals surface area contributed by atoms with E-state index in [1.165, 1.54) is 18.2 Å². The van der Waals surface area contributed by atoms with Crippen molar-refractivity contribution in [3.05, 3.63) is 24.3 Å². The summed E-state index contributed by atoms with van der Waals surface area (Å²) in [6.07, 6.45) is 1.68. The van der Waals surface area contributed by atoms with E-state index in [0.717, 1.165) is 12.8 Å². The Morgan fingerprint density at radius 1 is 1.30 bits per heavy atom. The lowest BCUT2D eigenvalue weighted by Gasteiger charge is -2.17. The van der Waals surface area contributed by atoms with E-state index in [4.69, 9.17) is 5.73 Å². The molecule has 0 saturated heterocycles. The third-order valence-corrected chi connectivity index (χ3v) is 4.60. The molecule has 1 atom stereocenters. The van der Waals surface area contributed by atoms with Gasteiger partial charge in [-0.2, -0.15) is 8.78 Å². The maximum Gasteiger partial charge on any atom is 0.341 e. The van der Waals surface area contributed by atoms with Gasteiger partial charge in [0.2, 0.25) is 9.84 Å². The zero-order chi connectivity index (χ0) is 15.2. The van der Waals surface area contributed by atoms with E-state index < -0.39 is 15.6 Å². The number of para-hydroxylation sites is 1. The summed E-state index contributed by atoms with van der Waals surface area (Å²) in [7, 11) is -4.59. The summed E-state index contributed by atoms with van der Waals surface area (Å²) in [6, 6.07) is 5.71. The van der Waals surface area contributed by atoms with Gasteiger partial charge in [0.15, 0.2) is 0 Å². The van der Waals surface area contributed by atoms with Crippen LogP contribution in [0.25, 0.3) is 0 Å². The fraction of sp³-hybridized carbons (Fsp3) is 0.538. The van der Waals surface area contributed by atoms with Crippen LogP contribution in [0.4, 0.5) is 14.5 Å². The van der Waals surface area contributed by atoms with Gasteiger partial charge < -0.3 is 11.1 Å². The van der Waals surface area contributed by atoms with Crippen LogP contribution >= 0.6 is 0 Å². The van der Waals surface area contributed by atoms with Crippen molar-refractivity contribution in [3.63, 3.8) is 0 Å². The van der Waals surface area contributed by atoms with Gasteiger partial charge in [0.1, 0.15) is 0 Å². The average molecular weight is 306 g/mol. The number of rotatable bonds is 8. The summed E-state index contributed by atoms with van der Waals surface area (Å²) in [6.45, 7) is 3.05. The molecule has 0 saturated carbocycles. The van der Waals surface area contributed by atoms with Crippen LogP contribution in [-0.2, 0) is 9.84 Å². The third-order valence-electron chi connectivity index (χ3n) is 3.16. The molecule has 114 valence electrons. The number of sulfone groups is 1. The number of nitrogens with two attached hydrogens (primary N) is 1. The molecule has 1 rings (SSSR count). The first-order valence-corrected chi connectivity index (χ1v) is 8.03. The van der Waals surface area contributed by atoms with Crippen molar-refractivity contribution in [2.45, 2.75) is 30.4 Å². The van der Waals surface area contributed by atoms with Gasteiger partial charge in [-0.15, -0.1) is 0 Å². The van der Waals surface area contributed by atoms with E-state index in [2.05, 4.69) is 5.32 Å². The smallest absolute Gasteiger partial charge is 0.341 e. The summed E-state index contributed by atoms with van der Waals surface area (Å²) in [4.78, 5) is -0.363. The maximum atomic E-state index is 12.6. The second-order valence-electron chi connectivity index (χ2n) is 4.53. The van der Waals surface area contributed by atoms with E-state index in [-0.39, 0.29) is 16.5 Å². The van der Waals surface area contributed by atoms with Gasteiger partial charge in [0.25, 0.3) is 0 Å². The van der Waals surface area contributed by atoms with Gasteiger partial charge in [-0.3, -0.25) is 0 Å². The lowest BCUT2D eigenvalue weighted by molar-refractivity contribution is 0.235. The Kier molecular flexibility index (Phi) is 6.35. The molecule has 0 radical (unpaired) electrons. The summed E-state index contributed by atoms with van der Waals surface area (Å²) >= 11 is 0. The van der Waals surface area contributed by atoms with Crippen LogP contribution in [0.15, 0.2) is 29.2 Å². The minimum Gasteiger partial charge on any atom is -0.384 e. The molecule has 1 aromatic rings.